The van der Waals surface area contributed by atoms with E-state index in [1.165, 1.54) is 18.5 Å². The Hall–Kier alpha value is -2.97. The molecule has 9 nitrogen and oxygen atoms in total. The van der Waals surface area contributed by atoms with Crippen molar-refractivity contribution in [2.45, 2.75) is 13.0 Å². The van der Waals surface area contributed by atoms with Crippen LogP contribution in [0.1, 0.15) is 29.1 Å². The number of aromatic hydroxyl groups is 1. The van der Waals surface area contributed by atoms with Crippen molar-refractivity contribution in [1.82, 2.24) is 20.5 Å². The number of para-hydroxylation sites is 1. The number of hydrogen-bond acceptors (Lipinski definition) is 6. The molecule has 104 valence electrons. The Morgan fingerprint density at radius 2 is 2.30 bits per heavy atom. The first-order chi connectivity index (χ1) is 9.50. The lowest BCUT2D eigenvalue weighted by Crippen LogP contribution is -2.27. The van der Waals surface area contributed by atoms with Gasteiger partial charge in [-0.3, -0.25) is 20.0 Å². The zero-order valence-corrected chi connectivity index (χ0v) is 10.4. The molecule has 20 heavy (non-hydrogen) atoms. The van der Waals surface area contributed by atoms with Gasteiger partial charge in [0.15, 0.2) is 0 Å². The summed E-state index contributed by atoms with van der Waals surface area (Å²) in [6.07, 6.45) is 1.29. The molecule has 1 heterocycles. The monoisotopic (exact) mass is 277 g/mol. The third-order valence-electron chi connectivity index (χ3n) is 2.65. The molecule has 0 fully saturated rings. The number of nitro benzene ring substituents is 1. The third-order valence-corrected chi connectivity index (χ3v) is 2.65. The van der Waals surface area contributed by atoms with Crippen molar-refractivity contribution in [3.05, 3.63) is 46.0 Å². The van der Waals surface area contributed by atoms with Crippen molar-refractivity contribution >= 4 is 11.6 Å². The molecule has 0 radical (unpaired) electrons. The van der Waals surface area contributed by atoms with Crippen LogP contribution in [-0.4, -0.2) is 31.1 Å². The van der Waals surface area contributed by atoms with E-state index in [0.29, 0.717) is 5.82 Å². The number of phenols is 1. The van der Waals surface area contributed by atoms with Crippen molar-refractivity contribution in [2.24, 2.45) is 0 Å². The largest absolute Gasteiger partial charge is 0.502 e. The van der Waals surface area contributed by atoms with E-state index in [2.05, 4.69) is 20.5 Å². The Balaban J connectivity index is 2.22. The van der Waals surface area contributed by atoms with Gasteiger partial charge in [-0.15, -0.1) is 0 Å². The van der Waals surface area contributed by atoms with Crippen LogP contribution in [0.2, 0.25) is 0 Å². The SMILES string of the molecule is CC(NC(=O)c1cccc([N+](=O)[O-])c1O)c1ncn[nH]1. The van der Waals surface area contributed by atoms with E-state index in [9.17, 15) is 20.0 Å². The number of aromatic nitrogens is 3. The van der Waals surface area contributed by atoms with Gasteiger partial charge in [-0.2, -0.15) is 5.10 Å². The summed E-state index contributed by atoms with van der Waals surface area (Å²) < 4.78 is 0. The summed E-state index contributed by atoms with van der Waals surface area (Å²) in [5.41, 5.74) is -0.699. The van der Waals surface area contributed by atoms with E-state index in [4.69, 9.17) is 0 Å². The van der Waals surface area contributed by atoms with Gasteiger partial charge in [0.25, 0.3) is 5.91 Å². The fraction of sp³-hybridized carbons (Fsp3) is 0.182. The van der Waals surface area contributed by atoms with Gasteiger partial charge >= 0.3 is 5.69 Å². The molecule has 0 spiro atoms. The van der Waals surface area contributed by atoms with Gasteiger partial charge in [0.2, 0.25) is 5.75 Å². The second-order valence-electron chi connectivity index (χ2n) is 4.00. The average molecular weight is 277 g/mol. The molecular weight excluding hydrogens is 266 g/mol. The number of H-pyrrole nitrogens is 1. The number of nitrogens with one attached hydrogen (secondary N) is 2. The summed E-state index contributed by atoms with van der Waals surface area (Å²) in [5.74, 6) is -0.877. The lowest BCUT2D eigenvalue weighted by Gasteiger charge is -2.11. The molecule has 1 aromatic heterocycles. The summed E-state index contributed by atoms with van der Waals surface area (Å²) in [5, 5.41) is 29.2. The average Bonchev–Trinajstić information content (AvgIpc) is 2.92. The van der Waals surface area contributed by atoms with Crippen molar-refractivity contribution in [3.63, 3.8) is 0 Å². The van der Waals surface area contributed by atoms with Crippen molar-refractivity contribution in [1.29, 1.82) is 0 Å². The van der Waals surface area contributed by atoms with Crippen LogP contribution in [0, 0.1) is 10.1 Å². The minimum absolute atomic E-state index is 0.175. The highest BCUT2D eigenvalue weighted by Crippen LogP contribution is 2.29. The number of benzene rings is 1. The first kappa shape index (κ1) is 13.5. The molecule has 2 rings (SSSR count). The predicted octanol–water partition coefficient (Wildman–Crippen LogP) is 0.909. The maximum atomic E-state index is 12.0. The number of phenolic OH excluding ortho intramolecular Hbond substituents is 1. The molecule has 0 saturated heterocycles. The van der Waals surface area contributed by atoms with E-state index in [-0.39, 0.29) is 5.56 Å². The maximum Gasteiger partial charge on any atom is 0.311 e. The molecule has 0 bridgehead atoms. The number of aromatic amines is 1. The highest BCUT2D eigenvalue weighted by molar-refractivity contribution is 5.98. The van der Waals surface area contributed by atoms with Crippen LogP contribution in [-0.2, 0) is 0 Å². The van der Waals surface area contributed by atoms with E-state index < -0.39 is 28.3 Å². The number of amides is 1. The molecule has 0 saturated carbocycles. The lowest BCUT2D eigenvalue weighted by atomic mass is 10.1. The topological polar surface area (TPSA) is 134 Å². The molecule has 9 heteroatoms. The van der Waals surface area contributed by atoms with E-state index in [1.54, 1.807) is 6.92 Å². The molecule has 1 unspecified atom stereocenters. The standard InChI is InChI=1S/C11H11N5O4/c1-6(10-12-5-13-15-10)14-11(18)7-3-2-4-8(9(7)17)16(19)20/h2-6,17H,1H3,(H,14,18)(H,12,13,15). The van der Waals surface area contributed by atoms with Gasteiger partial charge < -0.3 is 10.4 Å². The minimum atomic E-state index is -0.758. The van der Waals surface area contributed by atoms with Crippen LogP contribution in [0.3, 0.4) is 0 Å². The first-order valence-electron chi connectivity index (χ1n) is 5.63. The van der Waals surface area contributed by atoms with Crippen molar-refractivity contribution in [2.75, 3.05) is 0 Å². The second kappa shape index (κ2) is 5.34. The predicted molar refractivity (Wildman–Crippen MR) is 67.0 cm³/mol. The van der Waals surface area contributed by atoms with Crippen molar-refractivity contribution in [3.8, 4) is 5.75 Å². The van der Waals surface area contributed by atoms with Crippen LogP contribution in [0.15, 0.2) is 24.5 Å². The van der Waals surface area contributed by atoms with Crippen LogP contribution in [0.25, 0.3) is 0 Å². The second-order valence-corrected chi connectivity index (χ2v) is 4.00. The van der Waals surface area contributed by atoms with Gasteiger partial charge in [0.05, 0.1) is 16.5 Å². The minimum Gasteiger partial charge on any atom is -0.502 e. The normalized spacial score (nSPS) is 11.8. The zero-order valence-electron chi connectivity index (χ0n) is 10.4. The van der Waals surface area contributed by atoms with Crippen LogP contribution < -0.4 is 5.32 Å². The molecule has 0 aliphatic rings. The molecule has 1 atom stereocenters. The number of nitro groups is 1. The highest BCUT2D eigenvalue weighted by Gasteiger charge is 2.22. The molecule has 1 aromatic carbocycles. The van der Waals surface area contributed by atoms with E-state index >= 15 is 0 Å². The van der Waals surface area contributed by atoms with Gasteiger partial charge in [-0.05, 0) is 13.0 Å². The summed E-state index contributed by atoms with van der Waals surface area (Å²) in [6.45, 7) is 1.66. The number of carbonyl (C=O) groups is 1. The van der Waals surface area contributed by atoms with Gasteiger partial charge in [0.1, 0.15) is 12.2 Å². The van der Waals surface area contributed by atoms with Crippen LogP contribution >= 0.6 is 0 Å². The Morgan fingerprint density at radius 1 is 1.55 bits per heavy atom. The van der Waals surface area contributed by atoms with Gasteiger partial charge in [-0.1, -0.05) is 6.07 Å². The Labute approximate surface area is 112 Å². The molecule has 0 aliphatic carbocycles. The Bertz CT molecular complexity index is 640. The number of carbonyl (C=O) groups excluding carboxylic acids is 1. The summed E-state index contributed by atoms with van der Waals surface area (Å²) in [7, 11) is 0. The molecule has 1 amide bonds. The van der Waals surface area contributed by atoms with E-state index in [1.807, 2.05) is 0 Å². The Morgan fingerprint density at radius 3 is 2.90 bits per heavy atom. The smallest absolute Gasteiger partial charge is 0.311 e. The lowest BCUT2D eigenvalue weighted by molar-refractivity contribution is -0.385. The Kier molecular flexibility index (Phi) is 3.60. The van der Waals surface area contributed by atoms with Crippen molar-refractivity contribution < 1.29 is 14.8 Å². The molecule has 3 N–H and O–H groups in total. The fourth-order valence-corrected chi connectivity index (χ4v) is 1.63. The zero-order chi connectivity index (χ0) is 14.7. The molecular formula is C11H11N5O4. The number of rotatable bonds is 4. The highest BCUT2D eigenvalue weighted by atomic mass is 16.6. The van der Waals surface area contributed by atoms with Gasteiger partial charge in [-0.25, -0.2) is 4.98 Å². The van der Waals surface area contributed by atoms with Crippen LogP contribution in [0.4, 0.5) is 5.69 Å². The van der Waals surface area contributed by atoms with Crippen LogP contribution in [0.5, 0.6) is 5.75 Å². The van der Waals surface area contributed by atoms with Gasteiger partial charge in [0, 0.05) is 6.07 Å². The third kappa shape index (κ3) is 2.55. The fourth-order valence-electron chi connectivity index (χ4n) is 1.63. The summed E-state index contributed by atoms with van der Waals surface area (Å²) >= 11 is 0. The summed E-state index contributed by atoms with van der Waals surface area (Å²) in [4.78, 5) is 25.8. The molecule has 0 aliphatic heterocycles. The quantitative estimate of drug-likeness (QED) is 0.561. The summed E-state index contributed by atoms with van der Waals surface area (Å²) in [6, 6.07) is 3.26. The molecule has 2 aromatic rings. The first-order valence-corrected chi connectivity index (χ1v) is 5.63. The maximum absolute atomic E-state index is 12.0. The van der Waals surface area contributed by atoms with E-state index in [0.717, 1.165) is 6.07 Å². The number of hydrogen-bond donors (Lipinski definition) is 3. The number of nitrogens with zero attached hydrogens (tertiary/aromatic N) is 3.